The fraction of sp³-hybridized carbons (Fsp3) is 0.432. The summed E-state index contributed by atoms with van der Waals surface area (Å²) in [5.74, 6) is 6.14. The molecule has 1 saturated carbocycles. The molecule has 0 radical (unpaired) electrons. The number of hydrogen-bond acceptors (Lipinski definition) is 5. The number of benzene rings is 3. The average molecular weight is 577 g/mol. The molecular formula is C37H40N2O4. The average Bonchev–Trinajstić information content (AvgIpc) is 3.36. The lowest BCUT2D eigenvalue weighted by Gasteiger charge is -2.66. The molecule has 2 aliphatic heterocycles. The Bertz CT molecular complexity index is 1660. The van der Waals surface area contributed by atoms with Crippen molar-refractivity contribution in [3.8, 4) is 23.3 Å². The molecule has 0 aromatic heterocycles. The third-order valence-electron chi connectivity index (χ3n) is 11.1. The molecule has 4 aliphatic rings. The second-order valence-electron chi connectivity index (χ2n) is 13.2. The topological polar surface area (TPSA) is 73.2 Å². The summed E-state index contributed by atoms with van der Waals surface area (Å²) < 4.78 is 6.69. The number of rotatable bonds is 4. The van der Waals surface area contributed by atoms with Gasteiger partial charge < -0.3 is 19.8 Å². The van der Waals surface area contributed by atoms with Crippen LogP contribution in [0.1, 0.15) is 53.1 Å². The van der Waals surface area contributed by atoms with Gasteiger partial charge in [0.1, 0.15) is 6.10 Å². The predicted octanol–water partition coefficient (Wildman–Crippen LogP) is 4.53. The molecule has 2 aliphatic carbocycles. The van der Waals surface area contributed by atoms with Crippen LogP contribution in [-0.4, -0.2) is 69.8 Å². The van der Waals surface area contributed by atoms with Crippen LogP contribution in [0.4, 0.5) is 0 Å². The normalized spacial score (nSPS) is 30.1. The summed E-state index contributed by atoms with van der Waals surface area (Å²) in [6, 6.07) is 19.8. The summed E-state index contributed by atoms with van der Waals surface area (Å²) in [5.41, 5.74) is 4.73. The Labute approximate surface area is 254 Å². The highest BCUT2D eigenvalue weighted by molar-refractivity contribution is 5.94. The van der Waals surface area contributed by atoms with Crippen LogP contribution >= 0.6 is 0 Å². The van der Waals surface area contributed by atoms with Crippen LogP contribution in [0.5, 0.6) is 11.5 Å². The highest BCUT2D eigenvalue weighted by Gasteiger charge is 2.75. The van der Waals surface area contributed by atoms with Crippen molar-refractivity contribution in [3.63, 3.8) is 0 Å². The molecule has 222 valence electrons. The fourth-order valence-corrected chi connectivity index (χ4v) is 8.77. The third kappa shape index (κ3) is 4.05. The van der Waals surface area contributed by atoms with Crippen LogP contribution in [0, 0.1) is 31.6 Å². The number of likely N-dealkylation sites (N-methyl/N-ethyl adjacent to an activating group) is 1. The third-order valence-corrected chi connectivity index (χ3v) is 11.1. The first kappa shape index (κ1) is 28.0. The molecule has 7 rings (SSSR count). The molecule has 6 nitrogen and oxygen atoms in total. The Hall–Kier alpha value is -3.79. The van der Waals surface area contributed by atoms with Gasteiger partial charge in [-0.15, -0.1) is 0 Å². The molecule has 1 amide bonds. The van der Waals surface area contributed by atoms with E-state index in [0.29, 0.717) is 25.0 Å². The Balaban J connectivity index is 1.24. The maximum Gasteiger partial charge on any atom is 0.298 e. The molecule has 3 aromatic rings. The van der Waals surface area contributed by atoms with Crippen molar-refractivity contribution < 1.29 is 19.7 Å². The summed E-state index contributed by atoms with van der Waals surface area (Å²) in [6.07, 6.45) is 2.43. The molecule has 6 heteroatoms. The van der Waals surface area contributed by atoms with Gasteiger partial charge in [0, 0.05) is 36.7 Å². The predicted molar refractivity (Wildman–Crippen MR) is 166 cm³/mol. The molecule has 2 fully saturated rings. The first-order valence-electron chi connectivity index (χ1n) is 15.5. The molecule has 2 heterocycles. The van der Waals surface area contributed by atoms with E-state index in [-0.39, 0.29) is 29.7 Å². The SMILES string of the molecule is Cc1ccc(C#CC(=O)N(C)[C@H]2C[C@H](C)[C@@]3(O)[C@H]4Cc5ccc(O)c6c5[C@@]3(CCN4CCc3ccccc3)[C@@H]2O6)cc1C. The van der Waals surface area contributed by atoms with Crippen LogP contribution in [-0.2, 0) is 23.1 Å². The minimum Gasteiger partial charge on any atom is -0.504 e. The van der Waals surface area contributed by atoms with E-state index >= 15 is 0 Å². The Morgan fingerprint density at radius 1 is 1.12 bits per heavy atom. The van der Waals surface area contributed by atoms with E-state index in [9.17, 15) is 15.0 Å². The first-order chi connectivity index (χ1) is 20.6. The Kier molecular flexibility index (Phi) is 6.61. The second-order valence-corrected chi connectivity index (χ2v) is 13.2. The first-order valence-corrected chi connectivity index (χ1v) is 15.5. The molecule has 6 atom stereocenters. The smallest absolute Gasteiger partial charge is 0.298 e. The van der Waals surface area contributed by atoms with Gasteiger partial charge in [0.2, 0.25) is 0 Å². The monoisotopic (exact) mass is 576 g/mol. The number of phenolic OH excluding ortho intramolecular Hbond substituents is 1. The van der Waals surface area contributed by atoms with E-state index in [2.05, 4.69) is 54.9 Å². The van der Waals surface area contributed by atoms with Crippen molar-refractivity contribution >= 4 is 5.91 Å². The molecule has 2 N–H and O–H groups in total. The van der Waals surface area contributed by atoms with E-state index in [0.717, 1.165) is 41.8 Å². The second kappa shape index (κ2) is 10.1. The number of hydrogen-bond donors (Lipinski definition) is 2. The lowest BCUT2D eigenvalue weighted by Crippen LogP contribution is -2.80. The van der Waals surface area contributed by atoms with Crippen molar-refractivity contribution in [2.24, 2.45) is 5.92 Å². The van der Waals surface area contributed by atoms with E-state index in [1.54, 1.807) is 18.0 Å². The molecular weight excluding hydrogens is 536 g/mol. The van der Waals surface area contributed by atoms with E-state index in [1.165, 1.54) is 11.1 Å². The number of aromatic hydroxyl groups is 1. The van der Waals surface area contributed by atoms with Crippen LogP contribution in [0.15, 0.2) is 60.7 Å². The van der Waals surface area contributed by atoms with E-state index in [1.807, 2.05) is 37.3 Å². The molecule has 3 aromatic carbocycles. The molecule has 1 saturated heterocycles. The fourth-order valence-electron chi connectivity index (χ4n) is 8.77. The summed E-state index contributed by atoms with van der Waals surface area (Å²) in [6.45, 7) is 7.91. The number of likely N-dealkylation sites (tertiary alicyclic amines) is 1. The van der Waals surface area contributed by atoms with Gasteiger partial charge in [-0.1, -0.05) is 55.3 Å². The summed E-state index contributed by atoms with van der Waals surface area (Å²) in [4.78, 5) is 17.8. The maximum atomic E-state index is 13.6. The van der Waals surface area contributed by atoms with Crippen LogP contribution in [0.3, 0.4) is 0 Å². The van der Waals surface area contributed by atoms with Gasteiger partial charge in [-0.25, -0.2) is 0 Å². The Morgan fingerprint density at radius 3 is 2.67 bits per heavy atom. The molecule has 1 spiro atoms. The minimum absolute atomic E-state index is 0.0828. The minimum atomic E-state index is -1.07. The molecule has 43 heavy (non-hydrogen) atoms. The van der Waals surface area contributed by atoms with Gasteiger partial charge in [-0.05, 0) is 92.4 Å². The lowest BCUT2D eigenvalue weighted by atomic mass is 9.45. The van der Waals surface area contributed by atoms with Gasteiger partial charge in [-0.3, -0.25) is 9.69 Å². The standard InChI is InChI=1S/C37H40N2O4/c1-23-10-11-27(20-24(23)2)12-15-32(41)38(4)29-21-25(3)37(42)31-22-28-13-14-30(40)34-33(28)36(37,35(29)43-34)17-19-39(31)18-16-26-8-6-5-7-9-26/h5-11,13-14,20,25,29,31,35,40,42H,16-19,21-22H2,1-4H3/t25-,29-,31+,35+,36-,37+/m0/s1. The number of carbonyl (C=O) groups excluding carboxylic acids is 1. The number of aliphatic hydroxyl groups is 1. The number of amides is 1. The summed E-state index contributed by atoms with van der Waals surface area (Å²) in [7, 11) is 1.80. The number of phenols is 1. The van der Waals surface area contributed by atoms with Crippen molar-refractivity contribution in [3.05, 3.63) is 94.0 Å². The molecule has 2 bridgehead atoms. The van der Waals surface area contributed by atoms with Crippen molar-refractivity contribution in [2.75, 3.05) is 20.1 Å². The quantitative estimate of drug-likeness (QED) is 0.447. The van der Waals surface area contributed by atoms with E-state index < -0.39 is 17.1 Å². The van der Waals surface area contributed by atoms with Gasteiger partial charge in [-0.2, -0.15) is 0 Å². The number of nitrogens with zero attached hydrogens (tertiary/aromatic N) is 2. The summed E-state index contributed by atoms with van der Waals surface area (Å²) >= 11 is 0. The van der Waals surface area contributed by atoms with Gasteiger partial charge in [0.25, 0.3) is 5.91 Å². The number of carbonyl (C=O) groups is 1. The lowest BCUT2D eigenvalue weighted by molar-refractivity contribution is -0.223. The van der Waals surface area contributed by atoms with Crippen LogP contribution in [0.2, 0.25) is 0 Å². The van der Waals surface area contributed by atoms with Crippen LogP contribution < -0.4 is 4.74 Å². The van der Waals surface area contributed by atoms with Gasteiger partial charge in [0.05, 0.1) is 17.1 Å². The van der Waals surface area contributed by atoms with Crippen molar-refractivity contribution in [2.45, 2.75) is 75.7 Å². The van der Waals surface area contributed by atoms with Crippen molar-refractivity contribution in [1.82, 2.24) is 9.80 Å². The number of piperidine rings is 1. The summed E-state index contributed by atoms with van der Waals surface area (Å²) in [5, 5.41) is 24.0. The molecule has 0 unspecified atom stereocenters. The zero-order valence-electron chi connectivity index (χ0n) is 25.4. The maximum absolute atomic E-state index is 13.6. The number of aryl methyl sites for hydroxylation is 2. The number of ether oxygens (including phenoxy) is 1. The zero-order chi connectivity index (χ0) is 30.1. The zero-order valence-corrected chi connectivity index (χ0v) is 25.4. The van der Waals surface area contributed by atoms with E-state index in [4.69, 9.17) is 4.74 Å². The largest absolute Gasteiger partial charge is 0.504 e. The van der Waals surface area contributed by atoms with Gasteiger partial charge in [0.15, 0.2) is 11.5 Å². The Morgan fingerprint density at radius 2 is 1.91 bits per heavy atom. The highest BCUT2D eigenvalue weighted by Crippen LogP contribution is 2.67. The van der Waals surface area contributed by atoms with Gasteiger partial charge >= 0.3 is 0 Å². The van der Waals surface area contributed by atoms with Crippen molar-refractivity contribution in [1.29, 1.82) is 0 Å². The highest BCUT2D eigenvalue weighted by atomic mass is 16.5. The van der Waals surface area contributed by atoms with Crippen LogP contribution in [0.25, 0.3) is 0 Å².